The lowest BCUT2D eigenvalue weighted by Crippen LogP contribution is -2.30. The van der Waals surface area contributed by atoms with Crippen LogP contribution in [0.3, 0.4) is 0 Å². The quantitative estimate of drug-likeness (QED) is 0.855. The van der Waals surface area contributed by atoms with E-state index < -0.39 is 0 Å². The van der Waals surface area contributed by atoms with Gasteiger partial charge in [0.15, 0.2) is 5.16 Å². The summed E-state index contributed by atoms with van der Waals surface area (Å²) in [7, 11) is 1.86. The molecule has 1 heterocycles. The van der Waals surface area contributed by atoms with Gasteiger partial charge in [0.05, 0.1) is 5.25 Å². The summed E-state index contributed by atoms with van der Waals surface area (Å²) < 4.78 is 1.80. The van der Waals surface area contributed by atoms with Crippen molar-refractivity contribution in [1.29, 1.82) is 0 Å². The third-order valence-electron chi connectivity index (χ3n) is 2.91. The maximum atomic E-state index is 12.0. The second kappa shape index (κ2) is 6.56. The maximum Gasteiger partial charge on any atom is 0.233 e. The molecule has 1 unspecified atom stereocenters. The molecular weight excluding hydrogens is 272 g/mol. The van der Waals surface area contributed by atoms with E-state index in [1.807, 2.05) is 45.2 Å². The van der Waals surface area contributed by atoms with Crippen molar-refractivity contribution in [1.82, 2.24) is 20.1 Å². The summed E-state index contributed by atoms with van der Waals surface area (Å²) >= 11 is 1.40. The lowest BCUT2D eigenvalue weighted by Gasteiger charge is -2.11. The Morgan fingerprint density at radius 3 is 2.70 bits per heavy atom. The van der Waals surface area contributed by atoms with Crippen molar-refractivity contribution in [2.45, 2.75) is 30.8 Å². The zero-order valence-electron chi connectivity index (χ0n) is 11.8. The molecule has 1 atom stereocenters. The lowest BCUT2D eigenvalue weighted by molar-refractivity contribution is -0.120. The van der Waals surface area contributed by atoms with E-state index >= 15 is 0 Å². The van der Waals surface area contributed by atoms with Gasteiger partial charge in [-0.2, -0.15) is 0 Å². The highest BCUT2D eigenvalue weighted by Gasteiger charge is 2.16. The Morgan fingerprint density at radius 1 is 1.40 bits per heavy atom. The summed E-state index contributed by atoms with van der Waals surface area (Å²) in [6.45, 7) is 4.45. The summed E-state index contributed by atoms with van der Waals surface area (Å²) in [5.74, 6) is -0.00132. The highest BCUT2D eigenvalue weighted by Crippen LogP contribution is 2.19. The highest BCUT2D eigenvalue weighted by molar-refractivity contribution is 8.00. The molecule has 1 N–H and O–H groups in total. The van der Waals surface area contributed by atoms with Crippen molar-refractivity contribution in [3.8, 4) is 0 Å². The molecule has 1 aromatic carbocycles. The second-order valence-electron chi connectivity index (χ2n) is 4.69. The Labute approximate surface area is 122 Å². The van der Waals surface area contributed by atoms with Crippen LogP contribution >= 0.6 is 11.8 Å². The van der Waals surface area contributed by atoms with Gasteiger partial charge in [-0.1, -0.05) is 41.6 Å². The predicted molar refractivity (Wildman–Crippen MR) is 79.3 cm³/mol. The van der Waals surface area contributed by atoms with E-state index in [2.05, 4.69) is 15.5 Å². The molecule has 0 bridgehead atoms. The topological polar surface area (TPSA) is 59.8 Å². The van der Waals surface area contributed by atoms with Crippen molar-refractivity contribution in [3.05, 3.63) is 41.7 Å². The molecule has 0 radical (unpaired) electrons. The van der Waals surface area contributed by atoms with Crippen LogP contribution in [0.5, 0.6) is 0 Å². The summed E-state index contributed by atoms with van der Waals surface area (Å²) in [6.07, 6.45) is 1.62. The fourth-order valence-electron chi connectivity index (χ4n) is 1.63. The molecule has 106 valence electrons. The van der Waals surface area contributed by atoms with Crippen LogP contribution in [0.4, 0.5) is 0 Å². The van der Waals surface area contributed by atoms with Crippen LogP contribution in [0.1, 0.15) is 18.1 Å². The summed E-state index contributed by atoms with van der Waals surface area (Å²) in [5, 5.41) is 11.2. The molecule has 0 saturated carbocycles. The van der Waals surface area contributed by atoms with Gasteiger partial charge < -0.3 is 9.88 Å². The van der Waals surface area contributed by atoms with Gasteiger partial charge in [-0.15, -0.1) is 10.2 Å². The molecular formula is C14H18N4OS. The van der Waals surface area contributed by atoms with Crippen molar-refractivity contribution in [3.63, 3.8) is 0 Å². The SMILES string of the molecule is Cc1ccc(CNC(=O)C(C)Sc2nncn2C)cc1. The van der Waals surface area contributed by atoms with E-state index in [0.29, 0.717) is 6.54 Å². The van der Waals surface area contributed by atoms with Gasteiger partial charge in [-0.25, -0.2) is 0 Å². The largest absolute Gasteiger partial charge is 0.351 e. The third kappa shape index (κ3) is 3.84. The van der Waals surface area contributed by atoms with Gasteiger partial charge >= 0.3 is 0 Å². The van der Waals surface area contributed by atoms with Gasteiger partial charge in [0, 0.05) is 13.6 Å². The van der Waals surface area contributed by atoms with Crippen molar-refractivity contribution >= 4 is 17.7 Å². The number of thioether (sulfide) groups is 1. The molecule has 0 fully saturated rings. The van der Waals surface area contributed by atoms with E-state index in [1.165, 1.54) is 17.3 Å². The van der Waals surface area contributed by atoms with Crippen molar-refractivity contribution in [2.75, 3.05) is 0 Å². The van der Waals surface area contributed by atoms with E-state index in [4.69, 9.17) is 0 Å². The van der Waals surface area contributed by atoms with Crippen LogP contribution in [-0.4, -0.2) is 25.9 Å². The minimum Gasteiger partial charge on any atom is -0.351 e. The van der Waals surface area contributed by atoms with Crippen LogP contribution in [0.25, 0.3) is 0 Å². The first-order valence-electron chi connectivity index (χ1n) is 6.40. The first-order valence-corrected chi connectivity index (χ1v) is 7.28. The number of aryl methyl sites for hydroxylation is 2. The number of nitrogens with one attached hydrogen (secondary N) is 1. The normalized spacial score (nSPS) is 12.2. The number of hydrogen-bond acceptors (Lipinski definition) is 4. The second-order valence-corrected chi connectivity index (χ2v) is 6.00. The minimum atomic E-state index is -0.205. The monoisotopic (exact) mass is 290 g/mol. The van der Waals surface area contributed by atoms with Gasteiger partial charge in [-0.05, 0) is 19.4 Å². The van der Waals surface area contributed by atoms with Crippen LogP contribution in [0, 0.1) is 6.92 Å². The standard InChI is InChI=1S/C14H18N4OS/c1-10-4-6-12(7-5-10)8-15-13(19)11(2)20-14-17-16-9-18(14)3/h4-7,9,11H,8H2,1-3H3,(H,15,19). The Kier molecular flexibility index (Phi) is 4.79. The molecule has 5 nitrogen and oxygen atoms in total. The first kappa shape index (κ1) is 14.6. The molecule has 0 aliphatic rings. The van der Waals surface area contributed by atoms with E-state index in [0.717, 1.165) is 10.7 Å². The molecule has 0 aliphatic heterocycles. The summed E-state index contributed by atoms with van der Waals surface area (Å²) in [4.78, 5) is 12.0. The molecule has 6 heteroatoms. The number of hydrogen-bond donors (Lipinski definition) is 1. The highest BCUT2D eigenvalue weighted by atomic mass is 32.2. The van der Waals surface area contributed by atoms with Crippen LogP contribution in [0.2, 0.25) is 0 Å². The molecule has 20 heavy (non-hydrogen) atoms. The molecule has 1 aromatic heterocycles. The number of benzene rings is 1. The van der Waals surface area contributed by atoms with Gasteiger partial charge in [0.25, 0.3) is 0 Å². The Hall–Kier alpha value is -1.82. The number of carbonyl (C=O) groups excluding carboxylic acids is 1. The number of amides is 1. The lowest BCUT2D eigenvalue weighted by atomic mass is 10.1. The fourth-order valence-corrected chi connectivity index (χ4v) is 2.44. The summed E-state index contributed by atoms with van der Waals surface area (Å²) in [5.41, 5.74) is 2.31. The average Bonchev–Trinajstić information content (AvgIpc) is 2.83. The number of carbonyl (C=O) groups is 1. The zero-order chi connectivity index (χ0) is 14.5. The molecule has 0 saturated heterocycles. The minimum absolute atomic E-state index is 0.00132. The molecule has 0 aliphatic carbocycles. The number of rotatable bonds is 5. The Bertz CT molecular complexity index is 579. The van der Waals surface area contributed by atoms with Gasteiger partial charge in [0.2, 0.25) is 5.91 Å². The van der Waals surface area contributed by atoms with Gasteiger partial charge in [-0.3, -0.25) is 4.79 Å². The van der Waals surface area contributed by atoms with Crippen molar-refractivity contribution in [2.24, 2.45) is 7.05 Å². The van der Waals surface area contributed by atoms with Crippen molar-refractivity contribution < 1.29 is 4.79 Å². The fraction of sp³-hybridized carbons (Fsp3) is 0.357. The Balaban J connectivity index is 1.85. The predicted octanol–water partition coefficient (Wildman–Crippen LogP) is 1.92. The zero-order valence-corrected chi connectivity index (χ0v) is 12.6. The average molecular weight is 290 g/mol. The smallest absolute Gasteiger partial charge is 0.233 e. The first-order chi connectivity index (χ1) is 9.56. The number of aromatic nitrogens is 3. The van der Waals surface area contributed by atoms with Gasteiger partial charge in [0.1, 0.15) is 6.33 Å². The molecule has 0 spiro atoms. The molecule has 1 amide bonds. The molecule has 2 rings (SSSR count). The number of nitrogens with zero attached hydrogens (tertiary/aromatic N) is 3. The third-order valence-corrected chi connectivity index (χ3v) is 4.06. The maximum absolute atomic E-state index is 12.0. The summed E-state index contributed by atoms with van der Waals surface area (Å²) in [6, 6.07) is 8.13. The van der Waals surface area contributed by atoms with E-state index in [-0.39, 0.29) is 11.2 Å². The molecule has 2 aromatic rings. The van der Waals surface area contributed by atoms with Crippen LogP contribution in [-0.2, 0) is 18.4 Å². The Morgan fingerprint density at radius 2 is 2.10 bits per heavy atom. The van der Waals surface area contributed by atoms with E-state index in [1.54, 1.807) is 10.9 Å². The van der Waals surface area contributed by atoms with E-state index in [9.17, 15) is 4.79 Å². The van der Waals surface area contributed by atoms with Crippen LogP contribution in [0.15, 0.2) is 35.7 Å². The van der Waals surface area contributed by atoms with Crippen LogP contribution < -0.4 is 5.32 Å².